The van der Waals surface area contributed by atoms with Gasteiger partial charge in [-0.05, 0) is 28.4 Å². The highest BCUT2D eigenvalue weighted by atomic mass is 79.9. The molecule has 15 heavy (non-hydrogen) atoms. The van der Waals surface area contributed by atoms with E-state index in [1.807, 2.05) is 0 Å². The molecule has 84 valence electrons. The molecule has 0 atom stereocenters. The smallest absolute Gasteiger partial charge is 0.233 e. The van der Waals surface area contributed by atoms with Crippen LogP contribution >= 0.6 is 27.3 Å². The van der Waals surface area contributed by atoms with Crippen molar-refractivity contribution in [1.82, 2.24) is 4.98 Å². The van der Waals surface area contributed by atoms with Gasteiger partial charge in [0.2, 0.25) is 14.2 Å². The maximum atomic E-state index is 11.7. The van der Waals surface area contributed by atoms with Gasteiger partial charge in [-0.25, -0.2) is 13.4 Å². The van der Waals surface area contributed by atoms with E-state index in [1.165, 1.54) is 6.20 Å². The topological polar surface area (TPSA) is 47.0 Å². The number of rotatable bonds is 4. The average molecular weight is 318 g/mol. The third-order valence-corrected chi connectivity index (χ3v) is 5.10. The average Bonchev–Trinajstić information content (AvgIpc) is 2.51. The van der Waals surface area contributed by atoms with E-state index in [4.69, 9.17) is 0 Å². The van der Waals surface area contributed by atoms with Crippen molar-refractivity contribution < 1.29 is 17.2 Å². The van der Waals surface area contributed by atoms with Crippen molar-refractivity contribution in [2.24, 2.45) is 0 Å². The van der Waals surface area contributed by atoms with Gasteiger partial charge in [0.15, 0.2) is 0 Å². The molecule has 0 aliphatic rings. The van der Waals surface area contributed by atoms with Crippen LogP contribution < -0.4 is 0 Å². The highest BCUT2D eigenvalue weighted by molar-refractivity contribution is 9.11. The molecule has 1 aromatic heterocycles. The third kappa shape index (κ3) is 3.96. The van der Waals surface area contributed by atoms with Crippen molar-refractivity contribution in [2.75, 3.05) is 5.75 Å². The molecule has 1 heterocycles. The Morgan fingerprint density at radius 3 is 2.73 bits per heavy atom. The molecule has 0 aromatic carbocycles. The number of halogens is 3. The minimum absolute atomic E-state index is 0.0537. The molecule has 0 spiro atoms. The van der Waals surface area contributed by atoms with Crippen molar-refractivity contribution in [3.8, 4) is 0 Å². The Balaban J connectivity index is 2.73. The molecule has 0 unspecified atom stereocenters. The van der Waals surface area contributed by atoms with Gasteiger partial charge in [-0.1, -0.05) is 11.3 Å². The molecular weight excluding hydrogens is 312 g/mol. The lowest BCUT2D eigenvalue weighted by Gasteiger charge is -1.96. The predicted molar refractivity (Wildman–Crippen MR) is 56.8 cm³/mol. The molecule has 1 rings (SSSR count). The van der Waals surface area contributed by atoms with Crippen LogP contribution in [0.25, 0.3) is 0 Å². The molecule has 0 aliphatic carbocycles. The Morgan fingerprint density at radius 1 is 1.60 bits per heavy atom. The summed E-state index contributed by atoms with van der Waals surface area (Å²) in [4.78, 5) is 3.66. The number of thiazole rings is 1. The molecule has 0 bridgehead atoms. The zero-order chi connectivity index (χ0) is 11.5. The summed E-state index contributed by atoms with van der Waals surface area (Å²) in [6.07, 6.45) is -0.129. The molecule has 1 aromatic rings. The van der Waals surface area contributed by atoms with Gasteiger partial charge in [0.1, 0.15) is 0 Å². The summed E-state index contributed by atoms with van der Waals surface area (Å²) in [5.74, 6) is -0.357. The molecule has 0 saturated heterocycles. The van der Waals surface area contributed by atoms with E-state index < -0.39 is 15.9 Å². The first-order chi connectivity index (χ1) is 6.92. The Hall–Kier alpha value is -0.340. The van der Waals surface area contributed by atoms with Crippen LogP contribution in [-0.4, -0.2) is 19.2 Å². The van der Waals surface area contributed by atoms with E-state index in [1.54, 1.807) is 0 Å². The predicted octanol–water partition coefficient (Wildman–Crippen LogP) is 2.85. The molecule has 8 heteroatoms. The van der Waals surface area contributed by atoms with Gasteiger partial charge in [0, 0.05) is 0 Å². The lowest BCUT2D eigenvalue weighted by Crippen LogP contribution is -2.05. The van der Waals surface area contributed by atoms with Gasteiger partial charge in [-0.3, -0.25) is 0 Å². The Labute approximate surface area is 97.9 Å². The summed E-state index contributed by atoms with van der Waals surface area (Å²) in [5, 5.41) is 0. The zero-order valence-corrected chi connectivity index (χ0v) is 10.5. The SMILES string of the molecule is O=S(=O)(CCC=C(F)F)c1ncc(Br)s1. The first-order valence-corrected chi connectivity index (χ1v) is 7.03. The number of hydrogen-bond acceptors (Lipinski definition) is 4. The van der Waals surface area contributed by atoms with Gasteiger partial charge in [0.05, 0.1) is 15.7 Å². The van der Waals surface area contributed by atoms with Crippen LogP contribution in [0.4, 0.5) is 8.78 Å². The van der Waals surface area contributed by atoms with Gasteiger partial charge < -0.3 is 0 Å². The molecule has 0 N–H and O–H groups in total. The van der Waals surface area contributed by atoms with E-state index in [9.17, 15) is 17.2 Å². The fraction of sp³-hybridized carbons (Fsp3) is 0.286. The molecule has 0 saturated carbocycles. The summed E-state index contributed by atoms with van der Waals surface area (Å²) in [6, 6.07) is 0. The number of aromatic nitrogens is 1. The summed E-state index contributed by atoms with van der Waals surface area (Å²) >= 11 is 4.04. The van der Waals surface area contributed by atoms with Gasteiger partial charge in [-0.15, -0.1) is 0 Å². The summed E-state index contributed by atoms with van der Waals surface area (Å²) in [7, 11) is -3.54. The van der Waals surface area contributed by atoms with Crippen molar-refractivity contribution in [3.05, 3.63) is 22.1 Å². The van der Waals surface area contributed by atoms with Gasteiger partial charge in [0.25, 0.3) is 6.08 Å². The largest absolute Gasteiger partial charge is 0.266 e. The lowest BCUT2D eigenvalue weighted by atomic mass is 10.5. The molecule has 3 nitrogen and oxygen atoms in total. The quantitative estimate of drug-likeness (QED) is 0.858. The Bertz CT molecular complexity index is 465. The second kappa shape index (κ2) is 5.13. The van der Waals surface area contributed by atoms with Crippen LogP contribution in [0, 0.1) is 0 Å². The summed E-state index contributed by atoms with van der Waals surface area (Å²) < 4.78 is 46.8. The van der Waals surface area contributed by atoms with Crippen LogP contribution in [0.15, 0.2) is 26.5 Å². The van der Waals surface area contributed by atoms with E-state index in [2.05, 4.69) is 20.9 Å². The fourth-order valence-corrected chi connectivity index (χ4v) is 3.90. The second-order valence-electron chi connectivity index (χ2n) is 2.53. The van der Waals surface area contributed by atoms with Crippen molar-refractivity contribution in [3.63, 3.8) is 0 Å². The van der Waals surface area contributed by atoms with Crippen LogP contribution in [0.3, 0.4) is 0 Å². The van der Waals surface area contributed by atoms with Crippen LogP contribution in [-0.2, 0) is 9.84 Å². The van der Waals surface area contributed by atoms with Crippen molar-refractivity contribution in [2.45, 2.75) is 10.8 Å². The monoisotopic (exact) mass is 317 g/mol. The highest BCUT2D eigenvalue weighted by Gasteiger charge is 2.17. The first-order valence-electron chi connectivity index (χ1n) is 3.77. The lowest BCUT2D eigenvalue weighted by molar-refractivity contribution is 0.418. The summed E-state index contributed by atoms with van der Waals surface area (Å²) in [5.41, 5.74) is 0. The maximum absolute atomic E-state index is 11.7. The Kier molecular flexibility index (Phi) is 4.35. The number of nitrogens with zero attached hydrogens (tertiary/aromatic N) is 1. The fourth-order valence-electron chi connectivity index (χ4n) is 0.794. The number of allylic oxidation sites excluding steroid dienone is 1. The van der Waals surface area contributed by atoms with E-state index in [0.29, 0.717) is 9.86 Å². The highest BCUT2D eigenvalue weighted by Crippen LogP contribution is 2.24. The van der Waals surface area contributed by atoms with Crippen molar-refractivity contribution >= 4 is 37.1 Å². The molecule has 0 aliphatic heterocycles. The van der Waals surface area contributed by atoms with Crippen LogP contribution in [0.2, 0.25) is 0 Å². The molecule has 0 amide bonds. The van der Waals surface area contributed by atoms with Crippen LogP contribution in [0.1, 0.15) is 6.42 Å². The van der Waals surface area contributed by atoms with Crippen LogP contribution in [0.5, 0.6) is 0 Å². The molecule has 0 radical (unpaired) electrons. The first kappa shape index (κ1) is 12.7. The second-order valence-corrected chi connectivity index (χ2v) is 7.22. The van der Waals surface area contributed by atoms with Gasteiger partial charge in [-0.2, -0.15) is 8.78 Å². The number of sulfone groups is 1. The van der Waals surface area contributed by atoms with E-state index >= 15 is 0 Å². The molecular formula is C7H6BrF2NO2S2. The summed E-state index contributed by atoms with van der Waals surface area (Å²) in [6.45, 7) is 0. The number of hydrogen-bond donors (Lipinski definition) is 0. The zero-order valence-electron chi connectivity index (χ0n) is 7.28. The van der Waals surface area contributed by atoms with E-state index in [0.717, 1.165) is 11.3 Å². The maximum Gasteiger partial charge on any atom is 0.266 e. The normalized spacial score (nSPS) is 11.4. The van der Waals surface area contributed by atoms with E-state index in [-0.39, 0.29) is 16.5 Å². The minimum Gasteiger partial charge on any atom is -0.233 e. The molecule has 0 fully saturated rings. The Morgan fingerprint density at radius 2 is 2.27 bits per heavy atom. The van der Waals surface area contributed by atoms with Gasteiger partial charge >= 0.3 is 0 Å². The standard InChI is InChI=1S/C7H6BrF2NO2S2/c8-5-4-11-7(14-5)15(12,13)3-1-2-6(9)10/h2,4H,1,3H2. The van der Waals surface area contributed by atoms with Crippen molar-refractivity contribution in [1.29, 1.82) is 0 Å². The minimum atomic E-state index is -3.54. The third-order valence-electron chi connectivity index (χ3n) is 1.41.